The van der Waals surface area contributed by atoms with E-state index in [1.165, 1.54) is 0 Å². The van der Waals surface area contributed by atoms with Gasteiger partial charge in [0.05, 0.1) is 6.04 Å². The molecule has 0 aliphatic carbocycles. The van der Waals surface area contributed by atoms with Crippen LogP contribution in [0.15, 0.2) is 12.2 Å². The molecule has 1 aliphatic rings. The molecule has 1 atom stereocenters. The molecule has 13 heavy (non-hydrogen) atoms. The van der Waals surface area contributed by atoms with E-state index in [1.807, 2.05) is 0 Å². The number of piperidine rings is 1. The zero-order valence-corrected chi connectivity index (χ0v) is 8.05. The summed E-state index contributed by atoms with van der Waals surface area (Å²) in [5.74, 6) is 5.42. The van der Waals surface area contributed by atoms with Crippen molar-refractivity contribution in [3.63, 3.8) is 0 Å². The smallest absolute Gasteiger partial charge is 0.176 e. The summed E-state index contributed by atoms with van der Waals surface area (Å²) in [7, 11) is 0. The van der Waals surface area contributed by atoms with Gasteiger partial charge >= 0.3 is 0 Å². The summed E-state index contributed by atoms with van der Waals surface area (Å²) in [4.78, 5) is 11.6. The molecular weight excluding hydrogens is 166 g/mol. The average Bonchev–Trinajstić information content (AvgIpc) is 2.16. The highest BCUT2D eigenvalue weighted by atomic mass is 16.1. The fraction of sp³-hybridized carbons (Fsp3) is 0.667. The Bertz CT molecular complexity index is 215. The summed E-state index contributed by atoms with van der Waals surface area (Å²) in [6.07, 6.45) is 3.04. The van der Waals surface area contributed by atoms with E-state index in [2.05, 4.69) is 12.1 Å². The lowest BCUT2D eigenvalue weighted by Gasteiger charge is -2.33. The van der Waals surface area contributed by atoms with Gasteiger partial charge < -0.3 is 0 Å². The van der Waals surface area contributed by atoms with Crippen molar-refractivity contribution in [2.75, 3.05) is 6.54 Å². The van der Waals surface area contributed by atoms with E-state index >= 15 is 0 Å². The molecule has 1 fully saturated rings. The largest absolute Gasteiger partial charge is 0.293 e. The molecule has 0 saturated carbocycles. The number of Topliss-reactive ketones (excluding diaryl/α,β-unsaturated/α-hetero) is 1. The highest BCUT2D eigenvalue weighted by molar-refractivity contribution is 5.98. The minimum absolute atomic E-state index is 0.0950. The minimum Gasteiger partial charge on any atom is -0.293 e. The molecule has 0 amide bonds. The predicted octanol–water partition coefficient (Wildman–Crippen LogP) is 0.364. The molecule has 0 spiro atoms. The zero-order valence-electron chi connectivity index (χ0n) is 8.05. The average molecular weight is 183 g/mol. The summed E-state index contributed by atoms with van der Waals surface area (Å²) in [5.41, 5.74) is 3.17. The van der Waals surface area contributed by atoms with Gasteiger partial charge in [0.2, 0.25) is 0 Å². The lowest BCUT2D eigenvalue weighted by molar-refractivity contribution is -0.123. The summed E-state index contributed by atoms with van der Waals surface area (Å²) in [6, 6.07) is -0.115. The van der Waals surface area contributed by atoms with Gasteiger partial charge in [0.1, 0.15) is 0 Å². The van der Waals surface area contributed by atoms with Crippen LogP contribution in [0.5, 0.6) is 0 Å². The van der Waals surface area contributed by atoms with Crippen molar-refractivity contribution in [3.8, 4) is 0 Å². The zero-order chi connectivity index (χ0) is 9.84. The summed E-state index contributed by atoms with van der Waals surface area (Å²) >= 11 is 0. The van der Waals surface area contributed by atoms with E-state index in [1.54, 1.807) is 11.9 Å². The van der Waals surface area contributed by atoms with Crippen molar-refractivity contribution >= 4 is 5.78 Å². The molecule has 0 aromatic carbocycles. The Morgan fingerprint density at radius 3 is 2.85 bits per heavy atom. The van der Waals surface area contributed by atoms with Gasteiger partial charge in [0.25, 0.3) is 0 Å². The first-order valence-corrected chi connectivity index (χ1v) is 4.59. The number of ketones is 1. The van der Waals surface area contributed by atoms with Crippen molar-refractivity contribution < 1.29 is 4.79 Å². The lowest BCUT2D eigenvalue weighted by atomic mass is 9.97. The number of nitrogens with two attached hydrogens (primary N) is 1. The maximum absolute atomic E-state index is 11.6. The first kappa shape index (κ1) is 10.4. The number of nitrogens with zero attached hydrogens (tertiary/aromatic N) is 1. The van der Waals surface area contributed by atoms with Crippen LogP contribution >= 0.6 is 0 Å². The molecule has 74 valence electrons. The number of hydrogen-bond acceptors (Lipinski definition) is 4. The molecule has 4 heteroatoms. The molecule has 1 saturated heterocycles. The standard InChI is InChI=1S/C9H17N3O/c1-7(2)9(13)8-5-3-4-6-12(8)11-10/h8,11H,1,3-6,10H2,2H3. The second-order valence-corrected chi connectivity index (χ2v) is 3.48. The van der Waals surface area contributed by atoms with Gasteiger partial charge in [-0.1, -0.05) is 13.0 Å². The second kappa shape index (κ2) is 4.50. The molecule has 4 nitrogen and oxygen atoms in total. The normalized spacial score (nSPS) is 24.3. The Labute approximate surface area is 78.7 Å². The number of rotatable bonds is 3. The van der Waals surface area contributed by atoms with Gasteiger partial charge in [0, 0.05) is 6.54 Å². The highest BCUT2D eigenvalue weighted by Gasteiger charge is 2.27. The molecular formula is C9H17N3O. The molecule has 1 unspecified atom stereocenters. The van der Waals surface area contributed by atoms with Crippen LogP contribution in [0.3, 0.4) is 0 Å². The van der Waals surface area contributed by atoms with Crippen LogP contribution in [0.1, 0.15) is 26.2 Å². The van der Waals surface area contributed by atoms with Crippen LogP contribution < -0.4 is 11.4 Å². The van der Waals surface area contributed by atoms with Crippen molar-refractivity contribution in [3.05, 3.63) is 12.2 Å². The summed E-state index contributed by atoms with van der Waals surface area (Å²) in [6.45, 7) is 6.23. The number of nitrogens with one attached hydrogen (secondary N) is 1. The number of hydrazine groups is 2. The first-order chi connectivity index (χ1) is 6.16. The van der Waals surface area contributed by atoms with Crippen molar-refractivity contribution in [2.45, 2.75) is 32.2 Å². The Morgan fingerprint density at radius 1 is 1.62 bits per heavy atom. The molecule has 0 aromatic heterocycles. The van der Waals surface area contributed by atoms with Crippen LogP contribution in [0.25, 0.3) is 0 Å². The molecule has 3 N–H and O–H groups in total. The third kappa shape index (κ3) is 2.37. The van der Waals surface area contributed by atoms with Crippen LogP contribution in [0.4, 0.5) is 0 Å². The second-order valence-electron chi connectivity index (χ2n) is 3.48. The molecule has 1 aliphatic heterocycles. The van der Waals surface area contributed by atoms with Crippen molar-refractivity contribution in [1.29, 1.82) is 0 Å². The van der Waals surface area contributed by atoms with Gasteiger partial charge in [-0.2, -0.15) is 5.53 Å². The monoisotopic (exact) mass is 183 g/mol. The van der Waals surface area contributed by atoms with Crippen LogP contribution in [-0.4, -0.2) is 23.4 Å². The van der Waals surface area contributed by atoms with Crippen LogP contribution in [0, 0.1) is 0 Å². The lowest BCUT2D eigenvalue weighted by Crippen LogP contribution is -2.54. The van der Waals surface area contributed by atoms with E-state index in [9.17, 15) is 4.79 Å². The molecule has 0 bridgehead atoms. The van der Waals surface area contributed by atoms with Gasteiger partial charge in [-0.15, -0.1) is 0 Å². The van der Waals surface area contributed by atoms with Gasteiger partial charge in [-0.3, -0.25) is 10.6 Å². The first-order valence-electron chi connectivity index (χ1n) is 4.59. The topological polar surface area (TPSA) is 58.4 Å². The van der Waals surface area contributed by atoms with Crippen LogP contribution in [-0.2, 0) is 4.79 Å². The SMILES string of the molecule is C=C(C)C(=O)C1CCCCN1NN. The Balaban J connectivity index is 2.64. The molecule has 1 heterocycles. The van der Waals surface area contributed by atoms with Crippen molar-refractivity contribution in [1.82, 2.24) is 10.5 Å². The molecule has 0 radical (unpaired) electrons. The Morgan fingerprint density at radius 2 is 2.31 bits per heavy atom. The fourth-order valence-electron chi connectivity index (χ4n) is 1.64. The maximum Gasteiger partial charge on any atom is 0.176 e. The van der Waals surface area contributed by atoms with E-state index in [0.717, 1.165) is 25.8 Å². The Kier molecular flexibility index (Phi) is 3.59. The summed E-state index contributed by atoms with van der Waals surface area (Å²) in [5, 5.41) is 1.79. The number of carbonyl (C=O) groups excluding carboxylic acids is 1. The van der Waals surface area contributed by atoms with E-state index in [-0.39, 0.29) is 11.8 Å². The minimum atomic E-state index is -0.115. The van der Waals surface area contributed by atoms with Gasteiger partial charge in [-0.25, -0.2) is 5.01 Å². The van der Waals surface area contributed by atoms with Crippen LogP contribution in [0.2, 0.25) is 0 Å². The van der Waals surface area contributed by atoms with Crippen molar-refractivity contribution in [2.24, 2.45) is 5.84 Å². The van der Waals surface area contributed by atoms with Gasteiger partial charge in [0.15, 0.2) is 5.78 Å². The number of carbonyl (C=O) groups is 1. The fourth-order valence-corrected chi connectivity index (χ4v) is 1.64. The van der Waals surface area contributed by atoms with E-state index in [4.69, 9.17) is 5.84 Å². The summed E-state index contributed by atoms with van der Waals surface area (Å²) < 4.78 is 0. The predicted molar refractivity (Wildman–Crippen MR) is 51.5 cm³/mol. The molecule has 1 rings (SSSR count). The quantitative estimate of drug-likeness (QED) is 0.377. The Hall–Kier alpha value is -0.710. The van der Waals surface area contributed by atoms with E-state index < -0.39 is 0 Å². The third-order valence-corrected chi connectivity index (χ3v) is 2.39. The van der Waals surface area contributed by atoms with E-state index in [0.29, 0.717) is 5.57 Å². The molecule has 0 aromatic rings. The highest BCUT2D eigenvalue weighted by Crippen LogP contribution is 2.17. The third-order valence-electron chi connectivity index (χ3n) is 2.39. The van der Waals surface area contributed by atoms with Gasteiger partial charge in [-0.05, 0) is 25.3 Å². The maximum atomic E-state index is 11.6. The number of hydrogen-bond donors (Lipinski definition) is 2.